The third kappa shape index (κ3) is 8.75. The molecule has 0 spiro atoms. The van der Waals surface area contributed by atoms with Gasteiger partial charge in [0.15, 0.2) is 0 Å². The lowest BCUT2D eigenvalue weighted by atomic mass is 10.1. The van der Waals surface area contributed by atoms with Crippen molar-refractivity contribution < 1.29 is 22.7 Å². The van der Waals surface area contributed by atoms with Crippen molar-refractivity contribution in [3.05, 3.63) is 59.2 Å². The number of hydrogen-bond donors (Lipinski definition) is 1. The van der Waals surface area contributed by atoms with E-state index in [1.165, 1.54) is 10.6 Å². The number of nitrogens with one attached hydrogen (secondary N) is 1. The van der Waals surface area contributed by atoms with Gasteiger partial charge >= 0.3 is 0 Å². The Kier molecular flexibility index (Phi) is 11.6. The maximum absolute atomic E-state index is 13.6. The number of carbonyl (C=O) groups excluding carboxylic acids is 2. The van der Waals surface area contributed by atoms with E-state index in [0.29, 0.717) is 30.8 Å². The summed E-state index contributed by atoms with van der Waals surface area (Å²) in [7, 11) is -1.96. The normalized spacial score (nSPS) is 12.2. The first kappa shape index (κ1) is 31.1. The van der Waals surface area contributed by atoms with Crippen LogP contribution in [0.5, 0.6) is 5.75 Å². The maximum atomic E-state index is 13.6. The number of ether oxygens (including phenoxy) is 1. The topological polar surface area (TPSA) is 96.0 Å². The Morgan fingerprint density at radius 3 is 2.26 bits per heavy atom. The minimum absolute atomic E-state index is 0.112. The summed E-state index contributed by atoms with van der Waals surface area (Å²) in [5, 5.41) is 2.96. The summed E-state index contributed by atoms with van der Waals surface area (Å²) in [6.07, 6.45) is 2.08. The molecule has 2 aromatic carbocycles. The van der Waals surface area contributed by atoms with Gasteiger partial charge in [-0.3, -0.25) is 13.9 Å². The molecule has 1 atom stereocenters. The van der Waals surface area contributed by atoms with E-state index >= 15 is 0 Å². The zero-order chi connectivity index (χ0) is 28.5. The molecule has 0 radical (unpaired) electrons. The van der Waals surface area contributed by atoms with E-state index < -0.39 is 16.1 Å². The van der Waals surface area contributed by atoms with Crippen molar-refractivity contribution in [1.82, 2.24) is 10.2 Å². The molecule has 0 bridgehead atoms. The van der Waals surface area contributed by atoms with E-state index in [2.05, 4.69) is 5.32 Å². The minimum Gasteiger partial charge on any atom is -0.497 e. The van der Waals surface area contributed by atoms with Crippen LogP contribution in [0.15, 0.2) is 42.5 Å². The predicted molar refractivity (Wildman–Crippen MR) is 153 cm³/mol. The molecular formula is C29H43N3O5S. The standard InChI is InChI=1S/C29H43N3O5S/c1-8-26(29(34)30-19-21(2)3)31(20-24-14-16-25(37-6)17-15-24)28(33)13-10-18-32(38(7,35)36)27-12-9-11-22(4)23(27)5/h9,11-12,14-17,21,26H,8,10,13,18-20H2,1-7H3,(H,30,34)/t26-/m1/s1. The van der Waals surface area contributed by atoms with Crippen LogP contribution in [0.2, 0.25) is 0 Å². The van der Waals surface area contributed by atoms with Crippen LogP contribution in [-0.4, -0.2) is 57.6 Å². The van der Waals surface area contributed by atoms with Crippen LogP contribution >= 0.6 is 0 Å². The van der Waals surface area contributed by atoms with Crippen LogP contribution in [0.1, 0.15) is 56.7 Å². The number of methoxy groups -OCH3 is 1. The second-order valence-corrected chi connectivity index (χ2v) is 12.0. The van der Waals surface area contributed by atoms with Gasteiger partial charge in [-0.25, -0.2) is 8.42 Å². The molecule has 0 aliphatic carbocycles. The number of anilines is 1. The van der Waals surface area contributed by atoms with Gasteiger partial charge in [0.05, 0.1) is 19.1 Å². The average molecular weight is 546 g/mol. The van der Waals surface area contributed by atoms with Crippen molar-refractivity contribution >= 4 is 27.5 Å². The molecule has 0 aliphatic rings. The molecule has 9 heteroatoms. The Morgan fingerprint density at radius 2 is 1.71 bits per heavy atom. The molecule has 0 aliphatic heterocycles. The van der Waals surface area contributed by atoms with Crippen LogP contribution in [0.4, 0.5) is 5.69 Å². The fourth-order valence-electron chi connectivity index (χ4n) is 4.26. The molecule has 0 aromatic heterocycles. The third-order valence-corrected chi connectivity index (χ3v) is 7.76. The van der Waals surface area contributed by atoms with Crippen LogP contribution in [0.3, 0.4) is 0 Å². The van der Waals surface area contributed by atoms with Gasteiger partial charge in [-0.05, 0) is 67.5 Å². The highest BCUT2D eigenvalue weighted by Crippen LogP contribution is 2.26. The summed E-state index contributed by atoms with van der Waals surface area (Å²) < 4.78 is 31.9. The van der Waals surface area contributed by atoms with E-state index in [1.54, 1.807) is 18.1 Å². The molecule has 0 fully saturated rings. The van der Waals surface area contributed by atoms with Gasteiger partial charge in [0.1, 0.15) is 11.8 Å². The van der Waals surface area contributed by atoms with Crippen LogP contribution in [-0.2, 0) is 26.2 Å². The van der Waals surface area contributed by atoms with Crippen molar-refractivity contribution in [3.63, 3.8) is 0 Å². The molecule has 0 saturated heterocycles. The lowest BCUT2D eigenvalue weighted by Gasteiger charge is -2.31. The zero-order valence-electron chi connectivity index (χ0n) is 23.8. The molecule has 0 heterocycles. The molecule has 1 N–H and O–H groups in total. The van der Waals surface area contributed by atoms with E-state index in [0.717, 1.165) is 16.7 Å². The Labute approximate surface area is 228 Å². The Morgan fingerprint density at radius 1 is 1.05 bits per heavy atom. The van der Waals surface area contributed by atoms with Crippen molar-refractivity contribution in [1.29, 1.82) is 0 Å². The second-order valence-electron chi connectivity index (χ2n) is 10.1. The Balaban J connectivity index is 2.25. The lowest BCUT2D eigenvalue weighted by Crippen LogP contribution is -2.49. The van der Waals surface area contributed by atoms with Crippen LogP contribution in [0.25, 0.3) is 0 Å². The number of hydrogen-bond acceptors (Lipinski definition) is 5. The van der Waals surface area contributed by atoms with Crippen molar-refractivity contribution in [3.8, 4) is 5.75 Å². The summed E-state index contributed by atoms with van der Waals surface area (Å²) >= 11 is 0. The first-order valence-corrected chi connectivity index (χ1v) is 15.0. The molecule has 2 aromatic rings. The third-order valence-electron chi connectivity index (χ3n) is 6.58. The number of nitrogens with zero attached hydrogens (tertiary/aromatic N) is 2. The number of amides is 2. The van der Waals surface area contributed by atoms with E-state index in [9.17, 15) is 18.0 Å². The van der Waals surface area contributed by atoms with E-state index in [1.807, 2.05) is 71.0 Å². The quantitative estimate of drug-likeness (QED) is 0.379. The highest BCUT2D eigenvalue weighted by Gasteiger charge is 2.29. The summed E-state index contributed by atoms with van der Waals surface area (Å²) in [4.78, 5) is 28.2. The van der Waals surface area contributed by atoms with Gasteiger partial charge < -0.3 is 15.0 Å². The van der Waals surface area contributed by atoms with Gasteiger partial charge in [-0.15, -0.1) is 0 Å². The summed E-state index contributed by atoms with van der Waals surface area (Å²) in [5.74, 6) is 0.618. The summed E-state index contributed by atoms with van der Waals surface area (Å²) in [6.45, 7) is 10.7. The predicted octanol–water partition coefficient (Wildman–Crippen LogP) is 4.44. The van der Waals surface area contributed by atoms with E-state index in [4.69, 9.17) is 4.74 Å². The highest BCUT2D eigenvalue weighted by molar-refractivity contribution is 7.92. The smallest absolute Gasteiger partial charge is 0.242 e. The summed E-state index contributed by atoms with van der Waals surface area (Å²) in [6, 6.07) is 12.3. The fourth-order valence-corrected chi connectivity index (χ4v) is 5.27. The van der Waals surface area contributed by atoms with E-state index in [-0.39, 0.29) is 37.2 Å². The summed E-state index contributed by atoms with van der Waals surface area (Å²) in [5.41, 5.74) is 3.38. The number of aryl methyl sites for hydroxylation is 1. The van der Waals surface area contributed by atoms with Gasteiger partial charge in [-0.2, -0.15) is 0 Å². The van der Waals surface area contributed by atoms with Gasteiger partial charge in [-0.1, -0.05) is 45.0 Å². The molecule has 2 rings (SSSR count). The molecule has 38 heavy (non-hydrogen) atoms. The zero-order valence-corrected chi connectivity index (χ0v) is 24.6. The highest BCUT2D eigenvalue weighted by atomic mass is 32.2. The fraction of sp³-hybridized carbons (Fsp3) is 0.517. The van der Waals surface area contributed by atoms with Crippen LogP contribution in [0, 0.1) is 19.8 Å². The van der Waals surface area contributed by atoms with Crippen molar-refractivity contribution in [2.45, 2.75) is 66.5 Å². The Bertz CT molecular complexity index is 1180. The monoisotopic (exact) mass is 545 g/mol. The lowest BCUT2D eigenvalue weighted by molar-refractivity contribution is -0.141. The molecule has 8 nitrogen and oxygen atoms in total. The van der Waals surface area contributed by atoms with Crippen LogP contribution < -0.4 is 14.4 Å². The van der Waals surface area contributed by atoms with Crippen molar-refractivity contribution in [2.24, 2.45) is 5.92 Å². The number of carbonyl (C=O) groups is 2. The maximum Gasteiger partial charge on any atom is 0.242 e. The molecule has 2 amide bonds. The molecule has 210 valence electrons. The average Bonchev–Trinajstić information content (AvgIpc) is 2.86. The first-order chi connectivity index (χ1) is 17.9. The van der Waals surface area contributed by atoms with Gasteiger partial charge in [0, 0.05) is 26.1 Å². The number of benzene rings is 2. The number of rotatable bonds is 14. The molecule has 0 saturated carbocycles. The molecule has 0 unspecified atom stereocenters. The van der Waals surface area contributed by atoms with Crippen molar-refractivity contribution in [2.75, 3.05) is 30.8 Å². The van der Waals surface area contributed by atoms with Gasteiger partial charge in [0.25, 0.3) is 0 Å². The number of sulfonamides is 1. The largest absolute Gasteiger partial charge is 0.497 e. The Hall–Kier alpha value is -3.07. The first-order valence-electron chi connectivity index (χ1n) is 13.1. The van der Waals surface area contributed by atoms with Gasteiger partial charge in [0.2, 0.25) is 21.8 Å². The minimum atomic E-state index is -3.55. The SMILES string of the molecule is CC[C@H](C(=O)NCC(C)C)N(Cc1ccc(OC)cc1)C(=O)CCCN(c1cccc(C)c1C)S(C)(=O)=O. The molecular weight excluding hydrogens is 502 g/mol. The second kappa shape index (κ2) is 14.2.